The van der Waals surface area contributed by atoms with Crippen LogP contribution in [-0.4, -0.2) is 53.6 Å². The molecule has 29 heavy (non-hydrogen) atoms. The van der Waals surface area contributed by atoms with E-state index in [-0.39, 0.29) is 5.91 Å². The fraction of sp³-hybridized carbons (Fsp3) is 0.583. The number of benzene rings is 1. The molecule has 5 heteroatoms. The zero-order valence-electron chi connectivity index (χ0n) is 17.6. The van der Waals surface area contributed by atoms with Crippen LogP contribution < -0.4 is 0 Å². The summed E-state index contributed by atoms with van der Waals surface area (Å²) in [4.78, 5) is 17.2. The van der Waals surface area contributed by atoms with E-state index < -0.39 is 0 Å². The van der Waals surface area contributed by atoms with E-state index in [4.69, 9.17) is 4.52 Å². The summed E-state index contributed by atoms with van der Waals surface area (Å²) < 4.78 is 5.47. The van der Waals surface area contributed by atoms with Gasteiger partial charge in [-0.25, -0.2) is 0 Å². The van der Waals surface area contributed by atoms with Gasteiger partial charge in [-0.1, -0.05) is 42.4 Å². The molecule has 2 aliphatic heterocycles. The van der Waals surface area contributed by atoms with Crippen LogP contribution in [-0.2, 0) is 6.42 Å². The molecule has 3 heterocycles. The van der Waals surface area contributed by atoms with Crippen LogP contribution in [0.15, 0.2) is 40.9 Å². The zero-order chi connectivity index (χ0) is 20.1. The number of aryl methyl sites for hydroxylation is 1. The smallest absolute Gasteiger partial charge is 0.292 e. The molecule has 0 saturated carbocycles. The van der Waals surface area contributed by atoms with Gasteiger partial charge >= 0.3 is 0 Å². The first-order valence-corrected chi connectivity index (χ1v) is 11.2. The third-order valence-electron chi connectivity index (χ3n) is 6.52. The second kappa shape index (κ2) is 9.57. The van der Waals surface area contributed by atoms with Crippen LogP contribution in [0.2, 0.25) is 0 Å². The Balaban J connectivity index is 1.29. The molecule has 1 amide bonds. The van der Waals surface area contributed by atoms with Gasteiger partial charge in [0.15, 0.2) is 0 Å². The summed E-state index contributed by atoms with van der Waals surface area (Å²) in [7, 11) is 0. The van der Waals surface area contributed by atoms with Gasteiger partial charge in [0, 0.05) is 31.6 Å². The molecule has 156 valence electrons. The van der Waals surface area contributed by atoms with Crippen molar-refractivity contribution in [2.75, 3.05) is 32.7 Å². The Labute approximate surface area is 174 Å². The van der Waals surface area contributed by atoms with Crippen LogP contribution in [0.5, 0.6) is 0 Å². The van der Waals surface area contributed by atoms with Gasteiger partial charge < -0.3 is 14.3 Å². The van der Waals surface area contributed by atoms with Crippen molar-refractivity contribution in [1.29, 1.82) is 0 Å². The van der Waals surface area contributed by atoms with Crippen molar-refractivity contribution in [2.24, 2.45) is 5.92 Å². The van der Waals surface area contributed by atoms with Gasteiger partial charge in [-0.05, 0) is 63.1 Å². The lowest BCUT2D eigenvalue weighted by Crippen LogP contribution is -2.37. The van der Waals surface area contributed by atoms with Gasteiger partial charge in [0.1, 0.15) is 0 Å². The Morgan fingerprint density at radius 1 is 1.14 bits per heavy atom. The van der Waals surface area contributed by atoms with E-state index in [0.29, 0.717) is 17.6 Å². The summed E-state index contributed by atoms with van der Waals surface area (Å²) in [6, 6.07) is 12.6. The number of carbonyl (C=O) groups excluding carboxylic acids is 1. The number of hydrogen-bond donors (Lipinski definition) is 0. The maximum Gasteiger partial charge on any atom is 0.292 e. The monoisotopic (exact) mass is 395 g/mol. The predicted molar refractivity (Wildman–Crippen MR) is 114 cm³/mol. The zero-order valence-corrected chi connectivity index (χ0v) is 17.6. The molecule has 2 aromatic rings. The average Bonchev–Trinajstić information content (AvgIpc) is 3.25. The van der Waals surface area contributed by atoms with Crippen molar-refractivity contribution in [3.8, 4) is 0 Å². The highest BCUT2D eigenvalue weighted by Gasteiger charge is 2.28. The summed E-state index contributed by atoms with van der Waals surface area (Å²) >= 11 is 0. The minimum atomic E-state index is 0.00572. The Morgan fingerprint density at radius 3 is 2.72 bits per heavy atom. The minimum Gasteiger partial charge on any atom is -0.351 e. The first-order chi connectivity index (χ1) is 14.2. The highest BCUT2D eigenvalue weighted by molar-refractivity contribution is 5.91. The predicted octanol–water partition coefficient (Wildman–Crippen LogP) is 4.36. The molecule has 2 aliphatic rings. The number of hydrogen-bond acceptors (Lipinski definition) is 4. The number of nitrogens with zero attached hydrogens (tertiary/aromatic N) is 3. The van der Waals surface area contributed by atoms with Crippen LogP contribution in [0.4, 0.5) is 0 Å². The third-order valence-corrected chi connectivity index (χ3v) is 6.52. The molecule has 0 N–H and O–H groups in total. The molecule has 0 radical (unpaired) electrons. The molecule has 0 aliphatic carbocycles. The molecule has 2 fully saturated rings. The van der Waals surface area contributed by atoms with Gasteiger partial charge in [-0.2, -0.15) is 0 Å². The molecule has 1 atom stereocenters. The van der Waals surface area contributed by atoms with Gasteiger partial charge in [0.2, 0.25) is 5.76 Å². The second-order valence-electron chi connectivity index (χ2n) is 8.82. The Hall–Kier alpha value is -2.14. The van der Waals surface area contributed by atoms with Crippen molar-refractivity contribution in [3.63, 3.8) is 0 Å². The summed E-state index contributed by atoms with van der Waals surface area (Å²) in [6.07, 6.45) is 6.75. The lowest BCUT2D eigenvalue weighted by molar-refractivity contribution is 0.0655. The molecule has 5 nitrogen and oxygen atoms in total. The normalized spacial score (nSPS) is 21.4. The minimum absolute atomic E-state index is 0.00572. The maximum absolute atomic E-state index is 12.7. The summed E-state index contributed by atoms with van der Waals surface area (Å²) in [5, 5.41) is 4.28. The Kier molecular flexibility index (Phi) is 6.65. The van der Waals surface area contributed by atoms with Gasteiger partial charge in [0.05, 0.1) is 5.69 Å². The molecule has 0 bridgehead atoms. The topological polar surface area (TPSA) is 49.6 Å². The Morgan fingerprint density at radius 2 is 1.93 bits per heavy atom. The number of rotatable bonds is 6. The fourth-order valence-corrected chi connectivity index (χ4v) is 4.60. The van der Waals surface area contributed by atoms with Crippen molar-refractivity contribution in [2.45, 2.75) is 51.4 Å². The summed E-state index contributed by atoms with van der Waals surface area (Å²) in [5.41, 5.74) is 2.36. The first-order valence-electron chi connectivity index (χ1n) is 11.2. The SMILES string of the molecule is CC1CCN(C(=O)c2cc(C3CCCN(CCCc4ccccc4)C3)no2)CC1. The van der Waals surface area contributed by atoms with Crippen LogP contribution in [0.1, 0.15) is 66.8 Å². The van der Waals surface area contributed by atoms with Crippen LogP contribution in [0, 0.1) is 5.92 Å². The van der Waals surface area contributed by atoms with E-state index >= 15 is 0 Å². The van der Waals surface area contributed by atoms with E-state index in [9.17, 15) is 4.79 Å². The lowest BCUT2D eigenvalue weighted by atomic mass is 9.94. The van der Waals surface area contributed by atoms with E-state index in [0.717, 1.165) is 64.1 Å². The summed E-state index contributed by atoms with van der Waals surface area (Å²) in [6.45, 7) is 7.18. The van der Waals surface area contributed by atoms with Gasteiger partial charge in [-0.3, -0.25) is 4.79 Å². The molecule has 4 rings (SSSR count). The second-order valence-corrected chi connectivity index (χ2v) is 8.82. The van der Waals surface area contributed by atoms with Crippen molar-refractivity contribution in [1.82, 2.24) is 15.0 Å². The quantitative estimate of drug-likeness (QED) is 0.729. The van der Waals surface area contributed by atoms with Crippen molar-refractivity contribution < 1.29 is 9.32 Å². The van der Waals surface area contributed by atoms with E-state index in [2.05, 4.69) is 47.3 Å². The first kappa shape index (κ1) is 20.1. The molecular weight excluding hydrogens is 362 g/mol. The lowest BCUT2D eigenvalue weighted by Gasteiger charge is -2.31. The number of amides is 1. The average molecular weight is 396 g/mol. The van der Waals surface area contributed by atoms with E-state index in [1.165, 1.54) is 18.4 Å². The third kappa shape index (κ3) is 5.27. The molecule has 2 saturated heterocycles. The molecular formula is C24H33N3O2. The standard InChI is InChI=1S/C24H33N3O2/c1-19-11-15-27(16-12-19)24(28)23-17-22(25-29-23)21-10-6-14-26(18-21)13-5-9-20-7-3-2-4-8-20/h2-4,7-8,17,19,21H,5-6,9-16,18H2,1H3. The summed E-state index contributed by atoms with van der Waals surface area (Å²) in [5.74, 6) is 1.49. The maximum atomic E-state index is 12.7. The van der Waals surface area contributed by atoms with Gasteiger partial charge in [0.25, 0.3) is 5.91 Å². The van der Waals surface area contributed by atoms with Crippen LogP contribution in [0.25, 0.3) is 0 Å². The van der Waals surface area contributed by atoms with Crippen LogP contribution in [0.3, 0.4) is 0 Å². The number of aromatic nitrogens is 1. The van der Waals surface area contributed by atoms with Crippen molar-refractivity contribution in [3.05, 3.63) is 53.4 Å². The highest BCUT2D eigenvalue weighted by Crippen LogP contribution is 2.27. The molecule has 1 aromatic carbocycles. The number of likely N-dealkylation sites (tertiary alicyclic amines) is 2. The largest absolute Gasteiger partial charge is 0.351 e. The highest BCUT2D eigenvalue weighted by atomic mass is 16.5. The van der Waals surface area contributed by atoms with E-state index in [1.807, 2.05) is 11.0 Å². The molecule has 1 aromatic heterocycles. The number of piperidine rings is 2. The fourth-order valence-electron chi connectivity index (χ4n) is 4.60. The van der Waals surface area contributed by atoms with Gasteiger partial charge in [-0.15, -0.1) is 0 Å². The molecule has 0 spiro atoms. The Bertz CT molecular complexity index is 780. The molecule has 1 unspecified atom stereocenters. The van der Waals surface area contributed by atoms with Crippen LogP contribution >= 0.6 is 0 Å². The number of carbonyl (C=O) groups is 1. The van der Waals surface area contributed by atoms with Crippen molar-refractivity contribution >= 4 is 5.91 Å². The van der Waals surface area contributed by atoms with E-state index in [1.54, 1.807) is 0 Å².